The average Bonchev–Trinajstić information content (AvgIpc) is 3.08. The summed E-state index contributed by atoms with van der Waals surface area (Å²) in [4.78, 5) is 14.3. The van der Waals surface area contributed by atoms with Crippen LogP contribution in [0.1, 0.15) is 32.9 Å². The fourth-order valence-electron chi connectivity index (χ4n) is 2.90. The highest BCUT2D eigenvalue weighted by molar-refractivity contribution is 5.94. The molecule has 146 valence electrons. The molecule has 7 heteroatoms. The van der Waals surface area contributed by atoms with E-state index < -0.39 is 0 Å². The number of carbonyl (C=O) groups is 1. The van der Waals surface area contributed by atoms with Gasteiger partial charge in [0.1, 0.15) is 18.2 Å². The van der Waals surface area contributed by atoms with Gasteiger partial charge >= 0.3 is 0 Å². The van der Waals surface area contributed by atoms with Crippen LogP contribution in [0.2, 0.25) is 0 Å². The number of hydrogen-bond acceptors (Lipinski definition) is 5. The number of rotatable bonds is 7. The zero-order chi connectivity index (χ0) is 20.1. The summed E-state index contributed by atoms with van der Waals surface area (Å²) in [7, 11) is 1.78. The molecule has 2 aromatic carbocycles. The summed E-state index contributed by atoms with van der Waals surface area (Å²) in [6.07, 6.45) is 0. The molecule has 0 radical (unpaired) electrons. The summed E-state index contributed by atoms with van der Waals surface area (Å²) in [6, 6.07) is 13.6. The summed E-state index contributed by atoms with van der Waals surface area (Å²) in [5, 5.41) is 11.4. The van der Waals surface area contributed by atoms with Gasteiger partial charge in [0.25, 0.3) is 5.91 Å². The Morgan fingerprint density at radius 1 is 1.11 bits per heavy atom. The van der Waals surface area contributed by atoms with Crippen LogP contribution in [-0.2, 0) is 6.54 Å². The van der Waals surface area contributed by atoms with E-state index in [2.05, 4.69) is 28.5 Å². The topological polar surface area (TPSA) is 73.1 Å². The van der Waals surface area contributed by atoms with E-state index in [-0.39, 0.29) is 5.91 Å². The number of ether oxygens (including phenoxy) is 1. The Labute approximate surface area is 164 Å². The molecule has 0 aliphatic rings. The van der Waals surface area contributed by atoms with Gasteiger partial charge in [-0.1, -0.05) is 29.8 Å². The van der Waals surface area contributed by atoms with Gasteiger partial charge in [0.15, 0.2) is 0 Å². The Bertz CT molecular complexity index is 950. The van der Waals surface area contributed by atoms with Crippen molar-refractivity contribution in [1.29, 1.82) is 0 Å². The Hall–Kier alpha value is -3.22. The van der Waals surface area contributed by atoms with Crippen LogP contribution in [0.25, 0.3) is 0 Å². The molecule has 0 spiro atoms. The van der Waals surface area contributed by atoms with Gasteiger partial charge in [-0.15, -0.1) is 5.10 Å². The largest absolute Gasteiger partial charge is 0.491 e. The molecule has 0 N–H and O–H groups in total. The molecule has 0 saturated carbocycles. The van der Waals surface area contributed by atoms with Crippen LogP contribution in [-0.4, -0.2) is 51.2 Å². The predicted molar refractivity (Wildman–Crippen MR) is 106 cm³/mol. The molecular formula is C21H25N5O2. The minimum atomic E-state index is -0.0330. The fourth-order valence-corrected chi connectivity index (χ4v) is 2.90. The van der Waals surface area contributed by atoms with Gasteiger partial charge < -0.3 is 9.64 Å². The van der Waals surface area contributed by atoms with Crippen molar-refractivity contribution in [2.75, 3.05) is 20.2 Å². The molecule has 3 aromatic rings. The maximum Gasteiger partial charge on any atom is 0.253 e. The Kier molecular flexibility index (Phi) is 6.03. The van der Waals surface area contributed by atoms with Crippen molar-refractivity contribution >= 4 is 5.91 Å². The van der Waals surface area contributed by atoms with Crippen molar-refractivity contribution < 1.29 is 9.53 Å². The molecule has 0 aliphatic carbocycles. The van der Waals surface area contributed by atoms with Gasteiger partial charge in [-0.05, 0) is 60.5 Å². The van der Waals surface area contributed by atoms with Crippen LogP contribution in [0.3, 0.4) is 0 Å². The zero-order valence-corrected chi connectivity index (χ0v) is 16.7. The highest BCUT2D eigenvalue weighted by atomic mass is 16.5. The summed E-state index contributed by atoms with van der Waals surface area (Å²) in [6.45, 7) is 7.47. The van der Waals surface area contributed by atoms with E-state index >= 15 is 0 Å². The number of amides is 1. The summed E-state index contributed by atoms with van der Waals surface area (Å²) in [5.74, 6) is 1.58. The van der Waals surface area contributed by atoms with E-state index in [0.29, 0.717) is 25.3 Å². The van der Waals surface area contributed by atoms with Gasteiger partial charge in [0, 0.05) is 12.6 Å². The van der Waals surface area contributed by atoms with Gasteiger partial charge in [0.2, 0.25) is 0 Å². The van der Waals surface area contributed by atoms with E-state index in [9.17, 15) is 4.79 Å². The first-order chi connectivity index (χ1) is 13.4. The first-order valence-electron chi connectivity index (χ1n) is 9.21. The van der Waals surface area contributed by atoms with Crippen LogP contribution in [0.4, 0.5) is 0 Å². The number of tetrazole rings is 1. The maximum absolute atomic E-state index is 12.6. The third kappa shape index (κ3) is 4.73. The minimum Gasteiger partial charge on any atom is -0.491 e. The number of aromatic nitrogens is 4. The van der Waals surface area contributed by atoms with Gasteiger partial charge in [-0.25, -0.2) is 4.68 Å². The fraction of sp³-hybridized carbons (Fsp3) is 0.333. The van der Waals surface area contributed by atoms with Gasteiger partial charge in [-0.3, -0.25) is 4.79 Å². The van der Waals surface area contributed by atoms with Gasteiger partial charge in [0.05, 0.1) is 13.1 Å². The Morgan fingerprint density at radius 3 is 2.50 bits per heavy atom. The lowest BCUT2D eigenvalue weighted by Gasteiger charge is -2.18. The summed E-state index contributed by atoms with van der Waals surface area (Å²) in [5.41, 5.74) is 3.98. The quantitative estimate of drug-likeness (QED) is 0.631. The van der Waals surface area contributed by atoms with E-state index in [1.165, 1.54) is 5.56 Å². The number of nitrogens with zero attached hydrogens (tertiary/aromatic N) is 5. The third-order valence-electron chi connectivity index (χ3n) is 4.61. The number of benzene rings is 2. The van der Waals surface area contributed by atoms with Crippen molar-refractivity contribution in [3.05, 3.63) is 70.5 Å². The second-order valence-corrected chi connectivity index (χ2v) is 6.92. The molecule has 0 bridgehead atoms. The highest BCUT2D eigenvalue weighted by Gasteiger charge is 2.12. The average molecular weight is 379 g/mol. The van der Waals surface area contributed by atoms with E-state index in [1.807, 2.05) is 50.2 Å². The lowest BCUT2D eigenvalue weighted by Crippen LogP contribution is -2.30. The van der Waals surface area contributed by atoms with Crippen LogP contribution in [0.15, 0.2) is 42.5 Å². The predicted octanol–water partition coefficient (Wildman–Crippen LogP) is 2.80. The molecule has 3 rings (SSSR count). The van der Waals surface area contributed by atoms with Crippen LogP contribution in [0, 0.1) is 20.8 Å². The number of aryl methyl sites for hydroxylation is 3. The standard InChI is InChI=1S/C21H25N5O2/c1-15-5-10-20(16(2)13-15)28-12-11-25(4)21(27)19-8-6-18(7-9-19)14-26-17(3)22-23-24-26/h5-10,13H,11-12,14H2,1-4H3. The number of likely N-dealkylation sites (N-methyl/N-ethyl adjacent to an activating group) is 1. The second kappa shape index (κ2) is 8.65. The van der Waals surface area contributed by atoms with Crippen molar-refractivity contribution in [2.45, 2.75) is 27.3 Å². The molecule has 0 saturated heterocycles. The molecule has 1 heterocycles. The first kappa shape index (κ1) is 19.5. The van der Waals surface area contributed by atoms with Crippen molar-refractivity contribution in [3.8, 4) is 5.75 Å². The number of hydrogen-bond donors (Lipinski definition) is 0. The SMILES string of the molecule is Cc1ccc(OCCN(C)C(=O)c2ccc(Cn3nnnc3C)cc2)c(C)c1. The zero-order valence-electron chi connectivity index (χ0n) is 16.7. The minimum absolute atomic E-state index is 0.0330. The van der Waals surface area contributed by atoms with Crippen LogP contribution >= 0.6 is 0 Å². The molecule has 0 unspecified atom stereocenters. The third-order valence-corrected chi connectivity index (χ3v) is 4.61. The van der Waals surface area contributed by atoms with E-state index in [1.54, 1.807) is 16.6 Å². The maximum atomic E-state index is 12.6. The molecule has 1 aromatic heterocycles. The first-order valence-corrected chi connectivity index (χ1v) is 9.21. The molecule has 0 aliphatic heterocycles. The number of carbonyl (C=O) groups excluding carboxylic acids is 1. The normalized spacial score (nSPS) is 10.7. The van der Waals surface area contributed by atoms with E-state index in [0.717, 1.165) is 22.7 Å². The second-order valence-electron chi connectivity index (χ2n) is 6.92. The van der Waals surface area contributed by atoms with Crippen molar-refractivity contribution in [2.24, 2.45) is 0 Å². The molecule has 28 heavy (non-hydrogen) atoms. The lowest BCUT2D eigenvalue weighted by atomic mass is 10.1. The molecular weight excluding hydrogens is 354 g/mol. The molecule has 0 fully saturated rings. The molecule has 1 amide bonds. The van der Waals surface area contributed by atoms with E-state index in [4.69, 9.17) is 4.74 Å². The Balaban J connectivity index is 1.53. The molecule has 7 nitrogen and oxygen atoms in total. The summed E-state index contributed by atoms with van der Waals surface area (Å²) >= 11 is 0. The van der Waals surface area contributed by atoms with Crippen molar-refractivity contribution in [1.82, 2.24) is 25.1 Å². The summed E-state index contributed by atoms with van der Waals surface area (Å²) < 4.78 is 7.54. The Morgan fingerprint density at radius 2 is 1.86 bits per heavy atom. The monoisotopic (exact) mass is 379 g/mol. The lowest BCUT2D eigenvalue weighted by molar-refractivity contribution is 0.0773. The van der Waals surface area contributed by atoms with Crippen molar-refractivity contribution in [3.63, 3.8) is 0 Å². The highest BCUT2D eigenvalue weighted by Crippen LogP contribution is 2.18. The van der Waals surface area contributed by atoms with Crippen LogP contribution < -0.4 is 4.74 Å². The smallest absolute Gasteiger partial charge is 0.253 e. The molecule has 0 atom stereocenters. The van der Waals surface area contributed by atoms with Crippen LogP contribution in [0.5, 0.6) is 5.75 Å². The van der Waals surface area contributed by atoms with Gasteiger partial charge in [-0.2, -0.15) is 0 Å².